The number of hydrogen-bond acceptors (Lipinski definition) is 4. The largest absolute Gasteiger partial charge is 0.444 e. The predicted octanol–water partition coefficient (Wildman–Crippen LogP) is 5.17. The normalized spacial score (nSPS) is 17.3. The predicted molar refractivity (Wildman–Crippen MR) is 133 cm³/mol. The Bertz CT molecular complexity index is 1010. The van der Waals surface area contributed by atoms with Crippen molar-refractivity contribution in [1.82, 2.24) is 19.4 Å². The topological polar surface area (TPSA) is 67.7 Å². The van der Waals surface area contributed by atoms with E-state index in [1.54, 1.807) is 0 Å². The number of fused-ring (bicyclic) bond motifs is 1. The number of aromatic nitrogens is 2. The molecule has 0 radical (unpaired) electrons. The van der Waals surface area contributed by atoms with Crippen molar-refractivity contribution in [1.29, 1.82) is 0 Å². The first-order chi connectivity index (χ1) is 16.1. The van der Waals surface area contributed by atoms with Crippen LogP contribution < -0.4 is 0 Å². The number of nitrogens with zero attached hydrogens (tertiary/aromatic N) is 4. The van der Waals surface area contributed by atoms with Gasteiger partial charge in [-0.15, -0.1) is 0 Å². The van der Waals surface area contributed by atoms with Gasteiger partial charge in [-0.2, -0.15) is 0 Å². The molecule has 1 aromatic carbocycles. The van der Waals surface area contributed by atoms with Crippen molar-refractivity contribution in [2.45, 2.75) is 71.9 Å². The van der Waals surface area contributed by atoms with Crippen molar-refractivity contribution in [3.63, 3.8) is 0 Å². The van der Waals surface area contributed by atoms with Gasteiger partial charge in [0.15, 0.2) is 5.82 Å². The molecular weight excluding hydrogens is 428 g/mol. The molecule has 1 saturated heterocycles. The van der Waals surface area contributed by atoms with Gasteiger partial charge in [-0.3, -0.25) is 4.79 Å². The zero-order valence-electron chi connectivity index (χ0n) is 21.2. The number of hydrogen-bond donors (Lipinski definition) is 0. The van der Waals surface area contributed by atoms with Crippen molar-refractivity contribution in [2.75, 3.05) is 26.2 Å². The molecule has 4 rings (SSSR count). The average molecular weight is 467 g/mol. The van der Waals surface area contributed by atoms with Crippen LogP contribution in [0.15, 0.2) is 30.5 Å². The van der Waals surface area contributed by atoms with Crippen LogP contribution in [-0.2, 0) is 11.3 Å². The molecule has 0 N–H and O–H groups in total. The average Bonchev–Trinajstić information content (AvgIpc) is 3.23. The molecule has 0 saturated carbocycles. The Hall–Kier alpha value is -2.83. The van der Waals surface area contributed by atoms with Crippen molar-refractivity contribution in [2.24, 2.45) is 5.92 Å². The molecule has 1 aromatic heterocycles. The summed E-state index contributed by atoms with van der Waals surface area (Å²) in [5.41, 5.74) is 2.91. The quantitative estimate of drug-likeness (QED) is 0.610. The molecule has 7 heteroatoms. The van der Waals surface area contributed by atoms with Crippen molar-refractivity contribution in [3.8, 4) is 11.3 Å². The molecule has 0 unspecified atom stereocenters. The summed E-state index contributed by atoms with van der Waals surface area (Å²) in [7, 11) is 0. The lowest BCUT2D eigenvalue weighted by Gasteiger charge is -2.33. The van der Waals surface area contributed by atoms with Crippen molar-refractivity contribution in [3.05, 3.63) is 41.9 Å². The fourth-order valence-corrected chi connectivity index (χ4v) is 4.74. The molecule has 7 nitrogen and oxygen atoms in total. The molecule has 0 atom stereocenters. The number of carbonyl (C=O) groups is 2. The van der Waals surface area contributed by atoms with E-state index in [9.17, 15) is 9.59 Å². The molecule has 2 aromatic rings. The first-order valence-corrected chi connectivity index (χ1v) is 12.6. The lowest BCUT2D eigenvalue weighted by molar-refractivity contribution is 0.0204. The van der Waals surface area contributed by atoms with E-state index < -0.39 is 5.60 Å². The Morgan fingerprint density at radius 3 is 2.38 bits per heavy atom. The van der Waals surface area contributed by atoms with Crippen LogP contribution >= 0.6 is 0 Å². The number of imidazole rings is 1. The Labute approximate surface area is 203 Å². The van der Waals surface area contributed by atoms with Gasteiger partial charge in [0.2, 0.25) is 0 Å². The Morgan fingerprint density at radius 2 is 1.76 bits per heavy atom. The highest BCUT2D eigenvalue weighted by molar-refractivity contribution is 5.92. The molecular formula is C27H38N4O3. The maximum atomic E-state index is 12.9. The highest BCUT2D eigenvalue weighted by Crippen LogP contribution is 2.31. The monoisotopic (exact) mass is 466 g/mol. The maximum absolute atomic E-state index is 12.9. The fraction of sp³-hybridized carbons (Fsp3) is 0.593. The standard InChI is InChI=1S/C27H38N4O3/c1-19(2)10-13-29-16-17-31-23(18-28-24(31)25(29)32)22-8-6-20(7-9-22)21-11-14-30(15-12-21)26(33)34-27(3,4)5/h6-9,18-19,21H,10-17H2,1-5H3. The van der Waals surface area contributed by atoms with Crippen LogP contribution in [0.1, 0.15) is 76.0 Å². The summed E-state index contributed by atoms with van der Waals surface area (Å²) in [6, 6.07) is 8.64. The van der Waals surface area contributed by atoms with Crippen LogP contribution in [0.4, 0.5) is 4.79 Å². The third kappa shape index (κ3) is 5.45. The third-order valence-electron chi connectivity index (χ3n) is 6.73. The molecule has 3 heterocycles. The second kappa shape index (κ2) is 9.80. The zero-order chi connectivity index (χ0) is 24.5. The van der Waals surface area contributed by atoms with Gasteiger partial charge in [0.05, 0.1) is 11.9 Å². The number of carbonyl (C=O) groups excluding carboxylic acids is 2. The number of piperidine rings is 1. The number of rotatable bonds is 5. The van der Waals surface area contributed by atoms with Gasteiger partial charge < -0.3 is 19.1 Å². The van der Waals surface area contributed by atoms with E-state index in [4.69, 9.17) is 4.74 Å². The molecule has 1 fully saturated rings. The fourth-order valence-electron chi connectivity index (χ4n) is 4.74. The summed E-state index contributed by atoms with van der Waals surface area (Å²) in [4.78, 5) is 33.4. The van der Waals surface area contributed by atoms with Gasteiger partial charge in [0.1, 0.15) is 5.60 Å². The van der Waals surface area contributed by atoms with Crippen molar-refractivity contribution >= 4 is 12.0 Å². The Balaban J connectivity index is 1.39. The summed E-state index contributed by atoms with van der Waals surface area (Å²) in [6.07, 6.45) is 4.48. The molecule has 2 amide bonds. The smallest absolute Gasteiger partial charge is 0.410 e. The van der Waals surface area contributed by atoms with E-state index >= 15 is 0 Å². The number of benzene rings is 1. The lowest BCUT2D eigenvalue weighted by atomic mass is 9.89. The third-order valence-corrected chi connectivity index (χ3v) is 6.73. The molecule has 34 heavy (non-hydrogen) atoms. The number of ether oxygens (including phenoxy) is 1. The first kappa shape index (κ1) is 24.3. The maximum Gasteiger partial charge on any atom is 0.410 e. The van der Waals surface area contributed by atoms with Gasteiger partial charge in [0.25, 0.3) is 5.91 Å². The van der Waals surface area contributed by atoms with Gasteiger partial charge >= 0.3 is 6.09 Å². The SMILES string of the molecule is CC(C)CCN1CCn2c(-c3ccc(C4CCN(C(=O)OC(C)(C)C)CC4)cc3)cnc2C1=O. The molecule has 184 valence electrons. The van der Waals surface area contributed by atoms with Crippen LogP contribution in [0.25, 0.3) is 11.3 Å². The van der Waals surface area contributed by atoms with E-state index in [1.807, 2.05) is 36.8 Å². The molecule has 0 bridgehead atoms. The molecule has 2 aliphatic heterocycles. The summed E-state index contributed by atoms with van der Waals surface area (Å²) in [5.74, 6) is 1.59. The highest BCUT2D eigenvalue weighted by atomic mass is 16.6. The minimum absolute atomic E-state index is 0.0338. The molecule has 2 aliphatic rings. The summed E-state index contributed by atoms with van der Waals surface area (Å²) >= 11 is 0. The number of likely N-dealkylation sites (tertiary alicyclic amines) is 1. The van der Waals surface area contributed by atoms with E-state index in [2.05, 4.69) is 47.7 Å². The summed E-state index contributed by atoms with van der Waals surface area (Å²) < 4.78 is 7.57. The molecule has 0 aliphatic carbocycles. The molecule has 0 spiro atoms. The first-order valence-electron chi connectivity index (χ1n) is 12.6. The van der Waals surface area contributed by atoms with Crippen LogP contribution in [-0.4, -0.2) is 63.1 Å². The van der Waals surface area contributed by atoms with Gasteiger partial charge in [-0.1, -0.05) is 38.1 Å². The summed E-state index contributed by atoms with van der Waals surface area (Å²) in [5, 5.41) is 0. The van der Waals surface area contributed by atoms with Crippen LogP contribution in [0.3, 0.4) is 0 Å². The van der Waals surface area contributed by atoms with E-state index in [0.717, 1.165) is 50.2 Å². The van der Waals surface area contributed by atoms with Crippen LogP contribution in [0.2, 0.25) is 0 Å². The van der Waals surface area contributed by atoms with Crippen LogP contribution in [0.5, 0.6) is 0 Å². The van der Waals surface area contributed by atoms with Gasteiger partial charge in [-0.25, -0.2) is 9.78 Å². The number of amides is 2. The van der Waals surface area contributed by atoms with E-state index in [1.165, 1.54) is 5.56 Å². The van der Waals surface area contributed by atoms with E-state index in [-0.39, 0.29) is 12.0 Å². The minimum atomic E-state index is -0.465. The highest BCUT2D eigenvalue weighted by Gasteiger charge is 2.29. The van der Waals surface area contributed by atoms with Gasteiger partial charge in [-0.05, 0) is 63.0 Å². The van der Waals surface area contributed by atoms with Gasteiger partial charge in [0, 0.05) is 32.7 Å². The minimum Gasteiger partial charge on any atom is -0.444 e. The second-order valence-corrected chi connectivity index (χ2v) is 11.0. The van der Waals surface area contributed by atoms with Crippen LogP contribution in [0, 0.1) is 5.92 Å². The van der Waals surface area contributed by atoms with Crippen molar-refractivity contribution < 1.29 is 14.3 Å². The summed E-state index contributed by atoms with van der Waals surface area (Å²) in [6.45, 7) is 13.8. The Kier molecular flexibility index (Phi) is 7.01. The Morgan fingerprint density at radius 1 is 1.09 bits per heavy atom. The zero-order valence-corrected chi connectivity index (χ0v) is 21.2. The van der Waals surface area contributed by atoms with E-state index in [0.29, 0.717) is 30.7 Å². The second-order valence-electron chi connectivity index (χ2n) is 11.0. The lowest BCUT2D eigenvalue weighted by Crippen LogP contribution is -2.41.